The van der Waals surface area contributed by atoms with Gasteiger partial charge in [0.05, 0.1) is 4.99 Å². The SMILES string of the molecule is NC(=O)C(C(N)=S)(c1ccccc1)c1ccc(F)cc1. The van der Waals surface area contributed by atoms with Crippen molar-refractivity contribution in [3.05, 3.63) is 71.5 Å². The molecule has 0 aliphatic carbocycles. The van der Waals surface area contributed by atoms with Crippen LogP contribution in [-0.4, -0.2) is 10.9 Å². The van der Waals surface area contributed by atoms with E-state index >= 15 is 0 Å². The van der Waals surface area contributed by atoms with Gasteiger partial charge in [-0.2, -0.15) is 0 Å². The number of carbonyl (C=O) groups is 1. The summed E-state index contributed by atoms with van der Waals surface area (Å²) in [4.78, 5) is 12.0. The second-order valence-corrected chi connectivity index (χ2v) is 4.79. The van der Waals surface area contributed by atoms with Crippen LogP contribution in [0, 0.1) is 5.82 Å². The lowest BCUT2D eigenvalue weighted by molar-refractivity contribution is -0.120. The Kier molecular flexibility index (Phi) is 3.81. The molecule has 0 radical (unpaired) electrons. The predicted octanol–water partition coefficient (Wildman–Crippen LogP) is 1.88. The van der Waals surface area contributed by atoms with Gasteiger partial charge in [0.1, 0.15) is 11.2 Å². The molecule has 0 bridgehead atoms. The monoisotopic (exact) mass is 288 g/mol. The Bertz CT molecular complexity index is 627. The molecule has 1 amide bonds. The Morgan fingerprint density at radius 1 is 0.950 bits per heavy atom. The third-order valence-electron chi connectivity index (χ3n) is 3.22. The summed E-state index contributed by atoms with van der Waals surface area (Å²) in [6.45, 7) is 0. The van der Waals surface area contributed by atoms with Crippen molar-refractivity contribution in [1.29, 1.82) is 0 Å². The zero-order valence-corrected chi connectivity index (χ0v) is 11.4. The van der Waals surface area contributed by atoms with Crippen LogP contribution in [0.5, 0.6) is 0 Å². The number of benzene rings is 2. The number of hydrogen-bond donors (Lipinski definition) is 2. The molecule has 0 saturated carbocycles. The molecule has 0 fully saturated rings. The molecule has 1 atom stereocenters. The molecule has 0 aliphatic heterocycles. The zero-order valence-electron chi connectivity index (χ0n) is 10.5. The summed E-state index contributed by atoms with van der Waals surface area (Å²) in [5, 5.41) is 0. The van der Waals surface area contributed by atoms with Gasteiger partial charge in [0.2, 0.25) is 5.91 Å². The van der Waals surface area contributed by atoms with Crippen molar-refractivity contribution in [3.63, 3.8) is 0 Å². The average molecular weight is 288 g/mol. The molecule has 20 heavy (non-hydrogen) atoms. The first-order valence-electron chi connectivity index (χ1n) is 5.91. The molecular weight excluding hydrogens is 275 g/mol. The first kappa shape index (κ1) is 14.1. The highest BCUT2D eigenvalue weighted by Crippen LogP contribution is 2.33. The Morgan fingerprint density at radius 2 is 1.45 bits per heavy atom. The molecule has 2 rings (SSSR count). The maximum Gasteiger partial charge on any atom is 0.239 e. The molecule has 102 valence electrons. The summed E-state index contributed by atoms with van der Waals surface area (Å²) >= 11 is 5.09. The van der Waals surface area contributed by atoms with Crippen LogP contribution < -0.4 is 11.5 Å². The van der Waals surface area contributed by atoms with E-state index < -0.39 is 17.1 Å². The van der Waals surface area contributed by atoms with E-state index in [0.29, 0.717) is 11.1 Å². The van der Waals surface area contributed by atoms with Crippen LogP contribution in [0.2, 0.25) is 0 Å². The lowest BCUT2D eigenvalue weighted by Crippen LogP contribution is -2.51. The third kappa shape index (κ3) is 2.16. The smallest absolute Gasteiger partial charge is 0.239 e. The van der Waals surface area contributed by atoms with Crippen LogP contribution in [0.25, 0.3) is 0 Å². The molecule has 0 spiro atoms. The zero-order chi connectivity index (χ0) is 14.8. The van der Waals surface area contributed by atoms with E-state index in [1.165, 1.54) is 24.3 Å². The highest BCUT2D eigenvalue weighted by atomic mass is 32.1. The molecule has 0 aliphatic rings. The van der Waals surface area contributed by atoms with Gasteiger partial charge in [0.15, 0.2) is 0 Å². The van der Waals surface area contributed by atoms with Gasteiger partial charge in [0, 0.05) is 0 Å². The van der Waals surface area contributed by atoms with Crippen LogP contribution in [-0.2, 0) is 10.2 Å². The van der Waals surface area contributed by atoms with Gasteiger partial charge >= 0.3 is 0 Å². The van der Waals surface area contributed by atoms with E-state index in [0.717, 1.165) is 0 Å². The Labute approximate surface area is 121 Å². The number of rotatable bonds is 4. The number of carbonyl (C=O) groups excluding carboxylic acids is 1. The average Bonchev–Trinajstić information content (AvgIpc) is 2.42. The molecule has 2 aromatic carbocycles. The van der Waals surface area contributed by atoms with Gasteiger partial charge in [-0.3, -0.25) is 4.79 Å². The number of amides is 1. The van der Waals surface area contributed by atoms with Gasteiger partial charge in [-0.25, -0.2) is 4.39 Å². The number of nitrogens with two attached hydrogens (primary N) is 2. The first-order chi connectivity index (χ1) is 9.49. The molecule has 5 heteroatoms. The lowest BCUT2D eigenvalue weighted by Gasteiger charge is -2.30. The maximum atomic E-state index is 13.1. The topological polar surface area (TPSA) is 69.1 Å². The Morgan fingerprint density at radius 3 is 1.90 bits per heavy atom. The molecule has 2 aromatic rings. The van der Waals surface area contributed by atoms with Crippen molar-refractivity contribution in [2.24, 2.45) is 11.5 Å². The Balaban J connectivity index is 2.75. The van der Waals surface area contributed by atoms with E-state index in [1.807, 2.05) is 0 Å². The second-order valence-electron chi connectivity index (χ2n) is 4.35. The van der Waals surface area contributed by atoms with E-state index in [1.54, 1.807) is 30.3 Å². The third-order valence-corrected chi connectivity index (χ3v) is 3.53. The summed E-state index contributed by atoms with van der Waals surface area (Å²) in [6, 6.07) is 14.2. The summed E-state index contributed by atoms with van der Waals surface area (Å²) in [5.41, 5.74) is 11.0. The fourth-order valence-corrected chi connectivity index (χ4v) is 2.58. The molecule has 1 unspecified atom stereocenters. The van der Waals surface area contributed by atoms with Crippen molar-refractivity contribution in [2.45, 2.75) is 5.41 Å². The standard InChI is InChI=1S/C15H13FN2OS/c16-12-8-6-11(7-9-12)15(13(17)19,14(18)20)10-4-2-1-3-5-10/h1-9H,(H2,17,19)(H2,18,20). The highest BCUT2D eigenvalue weighted by molar-refractivity contribution is 7.80. The normalized spacial score (nSPS) is 13.4. The van der Waals surface area contributed by atoms with E-state index in [9.17, 15) is 9.18 Å². The van der Waals surface area contributed by atoms with Gasteiger partial charge in [-0.1, -0.05) is 54.7 Å². The minimum atomic E-state index is -1.44. The van der Waals surface area contributed by atoms with Crippen LogP contribution in [0.3, 0.4) is 0 Å². The fourth-order valence-electron chi connectivity index (χ4n) is 2.25. The first-order valence-corrected chi connectivity index (χ1v) is 6.31. The van der Waals surface area contributed by atoms with Crippen molar-refractivity contribution < 1.29 is 9.18 Å². The molecule has 4 N–H and O–H groups in total. The molecule has 0 saturated heterocycles. The molecule has 0 aromatic heterocycles. The number of thiocarbonyl (C=S) groups is 1. The fraction of sp³-hybridized carbons (Fsp3) is 0.0667. The Hall–Kier alpha value is -2.27. The van der Waals surface area contributed by atoms with Gasteiger partial charge in [0.25, 0.3) is 0 Å². The van der Waals surface area contributed by atoms with Gasteiger partial charge < -0.3 is 11.5 Å². The van der Waals surface area contributed by atoms with Crippen LogP contribution in [0.1, 0.15) is 11.1 Å². The predicted molar refractivity (Wildman–Crippen MR) is 79.6 cm³/mol. The summed E-state index contributed by atoms with van der Waals surface area (Å²) < 4.78 is 13.1. The van der Waals surface area contributed by atoms with Crippen molar-refractivity contribution in [2.75, 3.05) is 0 Å². The van der Waals surface area contributed by atoms with Crippen LogP contribution in [0.15, 0.2) is 54.6 Å². The molecule has 3 nitrogen and oxygen atoms in total. The minimum Gasteiger partial charge on any atom is -0.392 e. The van der Waals surface area contributed by atoms with Gasteiger partial charge in [-0.15, -0.1) is 0 Å². The van der Waals surface area contributed by atoms with E-state index in [-0.39, 0.29) is 4.99 Å². The summed E-state index contributed by atoms with van der Waals surface area (Å²) in [5.74, 6) is -1.11. The quantitative estimate of drug-likeness (QED) is 0.844. The van der Waals surface area contributed by atoms with E-state index in [2.05, 4.69) is 0 Å². The number of halogens is 1. The van der Waals surface area contributed by atoms with E-state index in [4.69, 9.17) is 23.7 Å². The lowest BCUT2D eigenvalue weighted by atomic mass is 9.73. The molecule has 0 heterocycles. The van der Waals surface area contributed by atoms with Crippen LogP contribution in [0.4, 0.5) is 4.39 Å². The summed E-state index contributed by atoms with van der Waals surface area (Å²) in [6.07, 6.45) is 0. The number of primary amides is 1. The van der Waals surface area contributed by atoms with Crippen LogP contribution >= 0.6 is 12.2 Å². The second kappa shape index (κ2) is 5.38. The van der Waals surface area contributed by atoms with Gasteiger partial charge in [-0.05, 0) is 23.3 Å². The van der Waals surface area contributed by atoms with Crippen molar-refractivity contribution in [3.8, 4) is 0 Å². The minimum absolute atomic E-state index is 0.0668. The van der Waals surface area contributed by atoms with Crippen molar-refractivity contribution >= 4 is 23.1 Å². The maximum absolute atomic E-state index is 13.1. The summed E-state index contributed by atoms with van der Waals surface area (Å²) in [7, 11) is 0. The molecular formula is C15H13FN2OS. The number of hydrogen-bond acceptors (Lipinski definition) is 2. The van der Waals surface area contributed by atoms with Crippen molar-refractivity contribution in [1.82, 2.24) is 0 Å². The largest absolute Gasteiger partial charge is 0.392 e. The highest BCUT2D eigenvalue weighted by Gasteiger charge is 2.43.